The Labute approximate surface area is 167 Å². The minimum absolute atomic E-state index is 0.0290. The molecule has 0 saturated carbocycles. The van der Waals surface area contributed by atoms with E-state index in [0.29, 0.717) is 9.86 Å². The lowest BCUT2D eigenvalue weighted by atomic mass is 10.1. The summed E-state index contributed by atoms with van der Waals surface area (Å²) in [5.74, 6) is -2.27. The number of hydrogen-bond acceptors (Lipinski definition) is 5. The van der Waals surface area contributed by atoms with Crippen molar-refractivity contribution in [1.82, 2.24) is 5.48 Å². The number of benzene rings is 2. The molecular formula is C19H17BrF2N2O4. The molecule has 0 aliphatic heterocycles. The van der Waals surface area contributed by atoms with Gasteiger partial charge in [0.2, 0.25) is 0 Å². The highest BCUT2D eigenvalue weighted by Gasteiger charge is 2.24. The Morgan fingerprint density at radius 3 is 2.71 bits per heavy atom. The van der Waals surface area contributed by atoms with Gasteiger partial charge in [0.1, 0.15) is 11.4 Å². The fourth-order valence-electron chi connectivity index (χ4n) is 2.37. The van der Waals surface area contributed by atoms with Gasteiger partial charge in [0.25, 0.3) is 5.91 Å². The van der Waals surface area contributed by atoms with Crippen molar-refractivity contribution in [2.75, 3.05) is 11.9 Å². The first-order chi connectivity index (χ1) is 13.2. The Morgan fingerprint density at radius 1 is 1.29 bits per heavy atom. The van der Waals surface area contributed by atoms with E-state index in [2.05, 4.69) is 26.7 Å². The van der Waals surface area contributed by atoms with Crippen molar-refractivity contribution in [3.8, 4) is 0 Å². The maximum atomic E-state index is 15.0. The van der Waals surface area contributed by atoms with Crippen LogP contribution in [0.1, 0.15) is 24.2 Å². The lowest BCUT2D eigenvalue weighted by Crippen LogP contribution is -2.38. The predicted molar refractivity (Wildman–Crippen MR) is 103 cm³/mol. The molecule has 28 heavy (non-hydrogen) atoms. The molecule has 2 aromatic carbocycles. The van der Waals surface area contributed by atoms with Gasteiger partial charge in [-0.1, -0.05) is 15.9 Å². The van der Waals surface area contributed by atoms with Crippen LogP contribution in [-0.4, -0.2) is 23.2 Å². The molecule has 0 fully saturated rings. The summed E-state index contributed by atoms with van der Waals surface area (Å²) in [4.78, 5) is 17.8. The van der Waals surface area contributed by atoms with Crippen molar-refractivity contribution in [3.05, 3.63) is 58.3 Å². The van der Waals surface area contributed by atoms with Gasteiger partial charge in [0.05, 0.1) is 29.8 Å². The molecule has 1 heterocycles. The maximum Gasteiger partial charge on any atom is 0.277 e. The molecule has 0 spiro atoms. The van der Waals surface area contributed by atoms with E-state index in [-0.39, 0.29) is 29.1 Å². The number of anilines is 2. The topological polar surface area (TPSA) is 83.7 Å². The molecule has 0 bridgehead atoms. The zero-order valence-electron chi connectivity index (χ0n) is 15.0. The van der Waals surface area contributed by atoms with Crippen LogP contribution in [0.25, 0.3) is 11.0 Å². The Morgan fingerprint density at radius 2 is 2.04 bits per heavy atom. The Bertz CT molecular complexity index is 1040. The second-order valence-corrected chi connectivity index (χ2v) is 7.57. The van der Waals surface area contributed by atoms with Crippen LogP contribution in [0.4, 0.5) is 20.2 Å². The minimum Gasteiger partial charge on any atom is -0.461 e. The molecule has 0 aliphatic carbocycles. The number of hydrogen-bond donors (Lipinski definition) is 3. The molecule has 3 rings (SSSR count). The van der Waals surface area contributed by atoms with Gasteiger partial charge in [-0.05, 0) is 44.2 Å². The molecular weight excluding hydrogens is 438 g/mol. The predicted octanol–water partition coefficient (Wildman–Crippen LogP) is 4.65. The molecule has 148 valence electrons. The van der Waals surface area contributed by atoms with Gasteiger partial charge < -0.3 is 14.8 Å². The number of aliphatic hydroxyl groups excluding tert-OH is 1. The molecule has 1 aromatic heterocycles. The monoisotopic (exact) mass is 454 g/mol. The van der Waals surface area contributed by atoms with Gasteiger partial charge in [0.15, 0.2) is 11.4 Å². The molecule has 3 aromatic rings. The zero-order chi connectivity index (χ0) is 20.5. The number of carbonyl (C=O) groups excluding carboxylic acids is 1. The summed E-state index contributed by atoms with van der Waals surface area (Å²) < 4.78 is 34.9. The van der Waals surface area contributed by atoms with E-state index in [1.54, 1.807) is 19.9 Å². The molecule has 3 N–H and O–H groups in total. The first kappa shape index (κ1) is 20.2. The first-order valence-corrected chi connectivity index (χ1v) is 9.02. The van der Waals surface area contributed by atoms with Crippen molar-refractivity contribution >= 4 is 44.2 Å². The standard InChI is InChI=1S/C19H17BrF2N2O4/c1-19(2,9-25)28-24-18(26)12-7-10-5-6-27-17(10)15(22)16(12)23-14-4-3-11(20)8-13(14)21/h3-8,23,25H,9H2,1-2H3,(H,24,26). The number of carbonyl (C=O) groups is 1. The van der Waals surface area contributed by atoms with E-state index in [1.165, 1.54) is 30.5 Å². The van der Waals surface area contributed by atoms with E-state index in [1.807, 2.05) is 0 Å². The van der Waals surface area contributed by atoms with E-state index >= 15 is 4.39 Å². The Balaban J connectivity index is 2.03. The molecule has 0 unspecified atom stereocenters. The summed E-state index contributed by atoms with van der Waals surface area (Å²) >= 11 is 3.15. The van der Waals surface area contributed by atoms with E-state index in [0.717, 1.165) is 0 Å². The zero-order valence-corrected chi connectivity index (χ0v) is 16.6. The highest BCUT2D eigenvalue weighted by molar-refractivity contribution is 9.10. The number of nitrogens with one attached hydrogen (secondary N) is 2. The average molecular weight is 455 g/mol. The van der Waals surface area contributed by atoms with Crippen LogP contribution in [0.2, 0.25) is 0 Å². The Hall–Kier alpha value is -2.49. The van der Waals surface area contributed by atoms with E-state index in [9.17, 15) is 14.3 Å². The third-order valence-electron chi connectivity index (χ3n) is 3.92. The van der Waals surface area contributed by atoms with E-state index in [4.69, 9.17) is 9.25 Å². The molecule has 1 amide bonds. The molecule has 6 nitrogen and oxygen atoms in total. The normalized spacial score (nSPS) is 11.6. The average Bonchev–Trinajstić information content (AvgIpc) is 3.12. The van der Waals surface area contributed by atoms with Crippen LogP contribution in [0.15, 0.2) is 45.5 Å². The van der Waals surface area contributed by atoms with Crippen LogP contribution < -0.4 is 10.8 Å². The first-order valence-electron chi connectivity index (χ1n) is 8.23. The second-order valence-electron chi connectivity index (χ2n) is 6.65. The fraction of sp³-hybridized carbons (Fsp3) is 0.211. The largest absolute Gasteiger partial charge is 0.461 e. The van der Waals surface area contributed by atoms with Crippen molar-refractivity contribution in [2.24, 2.45) is 0 Å². The molecule has 0 radical (unpaired) electrons. The molecule has 9 heteroatoms. The van der Waals surface area contributed by atoms with Gasteiger partial charge in [-0.15, -0.1) is 0 Å². The molecule has 0 saturated heterocycles. The Kier molecular flexibility index (Phi) is 5.69. The van der Waals surface area contributed by atoms with E-state index < -0.39 is 23.1 Å². The summed E-state index contributed by atoms with van der Waals surface area (Å²) in [6.45, 7) is 2.77. The highest BCUT2D eigenvalue weighted by atomic mass is 79.9. The van der Waals surface area contributed by atoms with Crippen LogP contribution in [0, 0.1) is 11.6 Å². The van der Waals surface area contributed by atoms with Crippen molar-refractivity contribution in [1.29, 1.82) is 0 Å². The number of aliphatic hydroxyl groups is 1. The number of rotatable bonds is 6. The number of furan rings is 1. The van der Waals surface area contributed by atoms with Crippen molar-refractivity contribution in [3.63, 3.8) is 0 Å². The number of amides is 1. The summed E-state index contributed by atoms with van der Waals surface area (Å²) in [6.07, 6.45) is 1.28. The lowest BCUT2D eigenvalue weighted by molar-refractivity contribution is -0.0956. The SMILES string of the molecule is CC(C)(CO)ONC(=O)c1cc2ccoc2c(F)c1Nc1ccc(Br)cc1F. The third kappa shape index (κ3) is 4.16. The van der Waals surface area contributed by atoms with Crippen molar-refractivity contribution in [2.45, 2.75) is 19.4 Å². The van der Waals surface area contributed by atoms with Gasteiger partial charge in [-0.3, -0.25) is 9.63 Å². The molecule has 0 aliphatic rings. The second kappa shape index (κ2) is 7.86. The number of halogens is 3. The minimum atomic E-state index is -1.04. The lowest BCUT2D eigenvalue weighted by Gasteiger charge is -2.22. The highest BCUT2D eigenvalue weighted by Crippen LogP contribution is 2.33. The molecule has 0 atom stereocenters. The maximum absolute atomic E-state index is 15.0. The van der Waals surface area contributed by atoms with Gasteiger partial charge >= 0.3 is 0 Å². The van der Waals surface area contributed by atoms with Gasteiger partial charge in [0, 0.05) is 9.86 Å². The van der Waals surface area contributed by atoms with Crippen molar-refractivity contribution < 1.29 is 27.9 Å². The van der Waals surface area contributed by atoms with Crippen LogP contribution >= 0.6 is 15.9 Å². The number of fused-ring (bicyclic) bond motifs is 1. The van der Waals surface area contributed by atoms with Gasteiger partial charge in [-0.25, -0.2) is 14.3 Å². The van der Waals surface area contributed by atoms with Crippen LogP contribution in [0.5, 0.6) is 0 Å². The van der Waals surface area contributed by atoms with Crippen LogP contribution in [0.3, 0.4) is 0 Å². The van der Waals surface area contributed by atoms with Gasteiger partial charge in [-0.2, -0.15) is 0 Å². The summed E-state index contributed by atoms with van der Waals surface area (Å²) in [6, 6.07) is 7.07. The van der Waals surface area contributed by atoms with Crippen LogP contribution in [-0.2, 0) is 4.84 Å². The fourth-order valence-corrected chi connectivity index (χ4v) is 2.70. The smallest absolute Gasteiger partial charge is 0.277 e. The number of hydroxylamine groups is 1. The summed E-state index contributed by atoms with van der Waals surface area (Å²) in [5, 5.41) is 12.2. The summed E-state index contributed by atoms with van der Waals surface area (Å²) in [7, 11) is 0. The summed E-state index contributed by atoms with van der Waals surface area (Å²) in [5.41, 5.74) is 0.645. The third-order valence-corrected chi connectivity index (χ3v) is 4.41. The quantitative estimate of drug-likeness (QED) is 0.472.